The minimum atomic E-state index is -1.04. The zero-order chi connectivity index (χ0) is 21.4. The number of nitrogens with one attached hydrogen (secondary N) is 2. The van der Waals surface area contributed by atoms with Crippen molar-refractivity contribution in [2.45, 2.75) is 44.6 Å². The van der Waals surface area contributed by atoms with Crippen molar-refractivity contribution in [1.82, 2.24) is 5.32 Å². The van der Waals surface area contributed by atoms with Crippen molar-refractivity contribution >= 4 is 23.5 Å². The lowest BCUT2D eigenvalue weighted by atomic mass is 9.81. The normalized spacial score (nSPS) is 15.0. The Morgan fingerprint density at radius 3 is 2.30 bits per heavy atom. The molecule has 0 saturated heterocycles. The topological polar surface area (TPSA) is 93.7 Å². The smallest absolute Gasteiger partial charge is 0.332 e. The highest BCUT2D eigenvalue weighted by atomic mass is 16.5. The van der Waals surface area contributed by atoms with Crippen LogP contribution in [-0.2, 0) is 19.1 Å². The average Bonchev–Trinajstić information content (AvgIpc) is 2.74. The number of para-hydroxylation sites is 3. The van der Waals surface area contributed by atoms with Gasteiger partial charge in [-0.25, -0.2) is 4.79 Å². The van der Waals surface area contributed by atoms with Gasteiger partial charge in [0.25, 0.3) is 5.91 Å². The molecular formula is C23H26N2O5. The zero-order valence-electron chi connectivity index (χ0n) is 17.0. The first-order valence-corrected chi connectivity index (χ1v) is 10.1. The fourth-order valence-corrected chi connectivity index (χ4v) is 3.60. The summed E-state index contributed by atoms with van der Waals surface area (Å²) in [7, 11) is 0. The molecular weight excluding hydrogens is 384 g/mol. The van der Waals surface area contributed by atoms with Gasteiger partial charge in [-0.15, -0.1) is 0 Å². The van der Waals surface area contributed by atoms with Crippen LogP contribution in [-0.4, -0.2) is 29.9 Å². The first-order chi connectivity index (χ1) is 14.5. The van der Waals surface area contributed by atoms with Gasteiger partial charge in [0.2, 0.25) is 5.91 Å². The predicted octanol–water partition coefficient (Wildman–Crippen LogP) is 3.80. The molecule has 0 spiro atoms. The monoisotopic (exact) mass is 410 g/mol. The van der Waals surface area contributed by atoms with E-state index in [0.29, 0.717) is 30.0 Å². The number of esters is 1. The summed E-state index contributed by atoms with van der Waals surface area (Å²) in [6.07, 6.45) is 3.69. The summed E-state index contributed by atoms with van der Waals surface area (Å²) < 4.78 is 11.1. The second kappa shape index (κ2) is 9.91. The van der Waals surface area contributed by atoms with Gasteiger partial charge in [-0.1, -0.05) is 49.6 Å². The molecule has 1 aliphatic carbocycles. The third-order valence-corrected chi connectivity index (χ3v) is 4.98. The van der Waals surface area contributed by atoms with Crippen molar-refractivity contribution in [3.05, 3.63) is 54.6 Å². The highest BCUT2D eigenvalue weighted by molar-refractivity contribution is 5.95. The average molecular weight is 410 g/mol. The van der Waals surface area contributed by atoms with E-state index in [9.17, 15) is 14.4 Å². The van der Waals surface area contributed by atoms with E-state index in [-0.39, 0.29) is 5.91 Å². The molecule has 158 valence electrons. The summed E-state index contributed by atoms with van der Waals surface area (Å²) >= 11 is 0. The Morgan fingerprint density at radius 2 is 1.60 bits per heavy atom. The second-order valence-electron chi connectivity index (χ2n) is 7.36. The standard InChI is InChI=1S/C23H26N2O5/c1-17(26)25-23(14-8-3-9-15-23)22(28)29-16-21(27)24-19-12-6-7-13-20(19)30-18-10-4-2-5-11-18/h2,4-7,10-13H,3,8-9,14-16H2,1H3,(H,24,27)(H,25,26). The van der Waals surface area contributed by atoms with E-state index in [1.807, 2.05) is 30.3 Å². The van der Waals surface area contributed by atoms with Gasteiger partial charge in [-0.05, 0) is 37.1 Å². The van der Waals surface area contributed by atoms with E-state index in [0.717, 1.165) is 19.3 Å². The summed E-state index contributed by atoms with van der Waals surface area (Å²) in [6.45, 7) is 0.930. The number of ether oxygens (including phenoxy) is 2. The van der Waals surface area contributed by atoms with E-state index in [1.165, 1.54) is 6.92 Å². The van der Waals surface area contributed by atoms with Crippen LogP contribution in [0.15, 0.2) is 54.6 Å². The number of benzene rings is 2. The van der Waals surface area contributed by atoms with Gasteiger partial charge in [0.05, 0.1) is 5.69 Å². The molecule has 0 bridgehead atoms. The van der Waals surface area contributed by atoms with Crippen LogP contribution in [0.4, 0.5) is 5.69 Å². The minimum Gasteiger partial charge on any atom is -0.455 e. The Bertz CT molecular complexity index is 891. The number of anilines is 1. The van der Waals surface area contributed by atoms with E-state index >= 15 is 0 Å². The summed E-state index contributed by atoms with van der Waals surface area (Å²) in [5.74, 6) is -0.224. The van der Waals surface area contributed by atoms with Gasteiger partial charge in [-0.3, -0.25) is 9.59 Å². The molecule has 0 radical (unpaired) electrons. The highest BCUT2D eigenvalue weighted by Crippen LogP contribution is 2.30. The Labute approximate surface area is 175 Å². The number of amides is 2. The molecule has 1 fully saturated rings. The molecule has 0 aromatic heterocycles. The molecule has 0 atom stereocenters. The summed E-state index contributed by atoms with van der Waals surface area (Å²) in [4.78, 5) is 36.7. The third kappa shape index (κ3) is 5.59. The lowest BCUT2D eigenvalue weighted by Gasteiger charge is -2.35. The predicted molar refractivity (Wildman–Crippen MR) is 112 cm³/mol. The maximum absolute atomic E-state index is 12.7. The molecule has 7 nitrogen and oxygen atoms in total. The SMILES string of the molecule is CC(=O)NC1(C(=O)OCC(=O)Nc2ccccc2Oc2ccccc2)CCCCC1. The van der Waals surface area contributed by atoms with Crippen molar-refractivity contribution in [2.24, 2.45) is 0 Å². The van der Waals surface area contributed by atoms with Crippen LogP contribution in [0.3, 0.4) is 0 Å². The van der Waals surface area contributed by atoms with E-state index in [2.05, 4.69) is 10.6 Å². The summed E-state index contributed by atoms with van der Waals surface area (Å²) in [5.41, 5.74) is -0.574. The van der Waals surface area contributed by atoms with Crippen LogP contribution in [0.1, 0.15) is 39.0 Å². The fraction of sp³-hybridized carbons (Fsp3) is 0.348. The van der Waals surface area contributed by atoms with Crippen LogP contribution >= 0.6 is 0 Å². The van der Waals surface area contributed by atoms with Gasteiger partial charge >= 0.3 is 5.97 Å². The van der Waals surface area contributed by atoms with Crippen molar-refractivity contribution in [2.75, 3.05) is 11.9 Å². The Balaban J connectivity index is 1.60. The van der Waals surface area contributed by atoms with E-state index in [4.69, 9.17) is 9.47 Å². The number of hydrogen-bond donors (Lipinski definition) is 2. The Hall–Kier alpha value is -3.35. The van der Waals surface area contributed by atoms with Crippen LogP contribution < -0.4 is 15.4 Å². The van der Waals surface area contributed by atoms with Gasteiger partial charge in [0.15, 0.2) is 12.4 Å². The Kier molecular flexibility index (Phi) is 7.06. The Morgan fingerprint density at radius 1 is 0.933 bits per heavy atom. The minimum absolute atomic E-state index is 0.287. The molecule has 0 heterocycles. The molecule has 2 N–H and O–H groups in total. The maximum Gasteiger partial charge on any atom is 0.332 e. The van der Waals surface area contributed by atoms with E-state index < -0.39 is 24.0 Å². The maximum atomic E-state index is 12.7. The first kappa shape index (κ1) is 21.4. The van der Waals surface area contributed by atoms with Crippen LogP contribution in [0.25, 0.3) is 0 Å². The second-order valence-corrected chi connectivity index (χ2v) is 7.36. The largest absolute Gasteiger partial charge is 0.455 e. The van der Waals surface area contributed by atoms with Crippen molar-refractivity contribution < 1.29 is 23.9 Å². The molecule has 0 aliphatic heterocycles. The summed E-state index contributed by atoms with van der Waals surface area (Å²) in [6, 6.07) is 16.2. The molecule has 2 amide bonds. The van der Waals surface area contributed by atoms with Crippen molar-refractivity contribution in [3.8, 4) is 11.5 Å². The highest BCUT2D eigenvalue weighted by Gasteiger charge is 2.42. The third-order valence-electron chi connectivity index (χ3n) is 4.98. The lowest BCUT2D eigenvalue weighted by molar-refractivity contribution is -0.157. The lowest BCUT2D eigenvalue weighted by Crippen LogP contribution is -2.56. The molecule has 2 aromatic rings. The number of carbonyl (C=O) groups excluding carboxylic acids is 3. The van der Waals surface area contributed by atoms with Crippen LogP contribution in [0.5, 0.6) is 11.5 Å². The molecule has 1 aliphatic rings. The molecule has 7 heteroatoms. The molecule has 30 heavy (non-hydrogen) atoms. The van der Waals surface area contributed by atoms with Gasteiger partial charge in [0.1, 0.15) is 11.3 Å². The molecule has 3 rings (SSSR count). The van der Waals surface area contributed by atoms with Crippen LogP contribution in [0.2, 0.25) is 0 Å². The number of carbonyl (C=O) groups is 3. The number of rotatable bonds is 7. The molecule has 2 aromatic carbocycles. The van der Waals surface area contributed by atoms with Gasteiger partial charge in [-0.2, -0.15) is 0 Å². The molecule has 0 unspecified atom stereocenters. The summed E-state index contributed by atoms with van der Waals surface area (Å²) in [5, 5.41) is 5.45. The van der Waals surface area contributed by atoms with Crippen molar-refractivity contribution in [3.63, 3.8) is 0 Å². The molecule has 1 saturated carbocycles. The van der Waals surface area contributed by atoms with Crippen LogP contribution in [0, 0.1) is 0 Å². The fourth-order valence-electron chi connectivity index (χ4n) is 3.60. The quantitative estimate of drug-likeness (QED) is 0.677. The van der Waals surface area contributed by atoms with Gasteiger partial charge in [0, 0.05) is 6.92 Å². The first-order valence-electron chi connectivity index (χ1n) is 10.1. The van der Waals surface area contributed by atoms with Crippen molar-refractivity contribution in [1.29, 1.82) is 0 Å². The zero-order valence-corrected chi connectivity index (χ0v) is 17.0. The van der Waals surface area contributed by atoms with Gasteiger partial charge < -0.3 is 20.1 Å². The van der Waals surface area contributed by atoms with E-state index in [1.54, 1.807) is 24.3 Å². The number of hydrogen-bond acceptors (Lipinski definition) is 5.